The van der Waals surface area contributed by atoms with Crippen molar-refractivity contribution in [2.75, 3.05) is 13.2 Å². The number of aliphatic hydroxyl groups excluding tert-OH is 9. The molecule has 0 aromatic heterocycles. The quantitative estimate of drug-likeness (QED) is 0.0965. The van der Waals surface area contributed by atoms with E-state index in [-0.39, 0.29) is 41.4 Å². The third-order valence-corrected chi connectivity index (χ3v) is 15.0. The molecule has 2 aliphatic heterocycles. The van der Waals surface area contributed by atoms with E-state index in [0.29, 0.717) is 25.2 Å². The first-order valence-corrected chi connectivity index (χ1v) is 20.8. The Hall–Kier alpha value is -1.31. The summed E-state index contributed by atoms with van der Waals surface area (Å²) in [6.07, 6.45) is -9.44. The Morgan fingerprint density at radius 3 is 2.12 bits per heavy atom. The summed E-state index contributed by atoms with van der Waals surface area (Å²) >= 11 is 0. The molecule has 2 heterocycles. The van der Waals surface area contributed by atoms with E-state index in [2.05, 4.69) is 40.7 Å². The van der Waals surface area contributed by atoms with E-state index in [1.807, 2.05) is 0 Å². The van der Waals surface area contributed by atoms with Crippen LogP contribution in [0.5, 0.6) is 0 Å². The number of hydrogen-bond acceptors (Lipinski definition) is 15. The Morgan fingerprint density at radius 1 is 0.857 bits per heavy atom. The maximum Gasteiger partial charge on any atom is 0.303 e. The van der Waals surface area contributed by atoms with Crippen molar-refractivity contribution in [3.05, 3.63) is 11.6 Å². The smallest absolute Gasteiger partial charge is 0.303 e. The van der Waals surface area contributed by atoms with Crippen molar-refractivity contribution in [2.45, 2.75) is 179 Å². The Balaban J connectivity index is 1.32. The van der Waals surface area contributed by atoms with Gasteiger partial charge in [-0.05, 0) is 85.9 Å². The maximum atomic E-state index is 12.0. The van der Waals surface area contributed by atoms with Crippen LogP contribution >= 0.6 is 0 Å². The molecule has 4 aliphatic carbocycles. The third kappa shape index (κ3) is 8.00. The molecule has 0 amide bonds. The van der Waals surface area contributed by atoms with Crippen molar-refractivity contribution in [2.24, 2.45) is 46.3 Å². The SMILES string of the molecule is CC(=O)OC1C(O)C(CO)OC(OC2CC3C4CC=C5CC(O)CC(OC6OC(CO)C(O)C(O)C6O)C5(C)C4CCC3(C)C2C(C)C(O)CCC(C)C)C1O. The van der Waals surface area contributed by atoms with Crippen molar-refractivity contribution in [3.63, 3.8) is 0 Å². The van der Waals surface area contributed by atoms with Crippen LogP contribution in [0.15, 0.2) is 11.6 Å². The van der Waals surface area contributed by atoms with Crippen LogP contribution in [0.3, 0.4) is 0 Å². The second-order valence-electron chi connectivity index (χ2n) is 18.7. The summed E-state index contributed by atoms with van der Waals surface area (Å²) in [5.41, 5.74) is 0.112. The monoisotopic (exact) mass is 800 g/mol. The van der Waals surface area contributed by atoms with Crippen molar-refractivity contribution >= 4 is 5.97 Å². The van der Waals surface area contributed by atoms with Crippen LogP contribution in [0, 0.1) is 46.3 Å². The molecular formula is C41H68O15. The molecule has 5 fully saturated rings. The Bertz CT molecular complexity index is 1380. The average molecular weight is 801 g/mol. The van der Waals surface area contributed by atoms with Crippen LogP contribution in [0.2, 0.25) is 0 Å². The number of allylic oxidation sites excluding steroid dienone is 1. The molecule has 322 valence electrons. The van der Waals surface area contributed by atoms with E-state index in [9.17, 15) is 50.8 Å². The predicted molar refractivity (Wildman–Crippen MR) is 198 cm³/mol. The molecule has 0 bridgehead atoms. The second kappa shape index (κ2) is 17.3. The molecule has 21 atom stereocenters. The van der Waals surface area contributed by atoms with Gasteiger partial charge < -0.3 is 69.6 Å². The number of esters is 1. The van der Waals surface area contributed by atoms with Gasteiger partial charge in [-0.15, -0.1) is 0 Å². The molecule has 56 heavy (non-hydrogen) atoms. The van der Waals surface area contributed by atoms with Gasteiger partial charge in [0.05, 0.1) is 37.6 Å². The Morgan fingerprint density at radius 2 is 1.50 bits per heavy atom. The lowest BCUT2D eigenvalue weighted by molar-refractivity contribution is -0.324. The van der Waals surface area contributed by atoms with Crippen molar-refractivity contribution in [1.29, 1.82) is 0 Å². The molecular weight excluding hydrogens is 732 g/mol. The fourth-order valence-corrected chi connectivity index (χ4v) is 12.0. The van der Waals surface area contributed by atoms with E-state index in [0.717, 1.165) is 31.3 Å². The van der Waals surface area contributed by atoms with Gasteiger partial charge in [0.25, 0.3) is 0 Å². The number of hydrogen-bond donors (Lipinski definition) is 9. The van der Waals surface area contributed by atoms with Crippen LogP contribution in [0.25, 0.3) is 0 Å². The highest BCUT2D eigenvalue weighted by Crippen LogP contribution is 2.68. The van der Waals surface area contributed by atoms with Gasteiger partial charge in [-0.25, -0.2) is 0 Å². The lowest BCUT2D eigenvalue weighted by atomic mass is 9.46. The van der Waals surface area contributed by atoms with Gasteiger partial charge in [-0.2, -0.15) is 0 Å². The largest absolute Gasteiger partial charge is 0.457 e. The average Bonchev–Trinajstić information content (AvgIpc) is 3.45. The highest BCUT2D eigenvalue weighted by atomic mass is 16.7. The number of carbonyl (C=O) groups excluding carboxylic acids is 1. The minimum atomic E-state index is -1.60. The maximum absolute atomic E-state index is 12.0. The summed E-state index contributed by atoms with van der Waals surface area (Å²) in [6.45, 7) is 10.7. The van der Waals surface area contributed by atoms with Gasteiger partial charge in [0.1, 0.15) is 42.7 Å². The van der Waals surface area contributed by atoms with Crippen molar-refractivity contribution in [3.8, 4) is 0 Å². The summed E-state index contributed by atoms with van der Waals surface area (Å²) in [5, 5.41) is 96.8. The first-order valence-electron chi connectivity index (χ1n) is 20.8. The first kappa shape index (κ1) is 44.2. The lowest BCUT2D eigenvalue weighted by Crippen LogP contribution is -2.62. The number of rotatable bonds is 12. The summed E-state index contributed by atoms with van der Waals surface area (Å²) < 4.78 is 30.3. The minimum absolute atomic E-state index is 0.0577. The zero-order valence-electron chi connectivity index (χ0n) is 33.7. The Labute approximate surface area is 329 Å². The molecule has 6 rings (SSSR count). The molecule has 9 N–H and O–H groups in total. The van der Waals surface area contributed by atoms with Crippen LogP contribution < -0.4 is 0 Å². The van der Waals surface area contributed by atoms with Gasteiger partial charge in [0.2, 0.25) is 0 Å². The number of carbonyl (C=O) groups is 1. The van der Waals surface area contributed by atoms with Gasteiger partial charge >= 0.3 is 5.97 Å². The van der Waals surface area contributed by atoms with Gasteiger partial charge in [-0.1, -0.05) is 46.3 Å². The fraction of sp³-hybridized carbons (Fsp3) is 0.927. The normalized spacial score (nSPS) is 49.0. The molecule has 15 heteroatoms. The van der Waals surface area contributed by atoms with E-state index in [1.165, 1.54) is 6.92 Å². The molecule has 6 aliphatic rings. The standard InChI is InChI=1S/C41H68O15/c1-18(2)7-10-26(46)19(3)31-27(53-39-36(51)37(52-20(4)44)33(48)29(17-43)55-39)15-25-23-9-8-21-13-22(45)14-30(41(21,6)24(23)11-12-40(25,31)5)56-38-35(50)34(49)32(47)28(16-42)54-38/h8,18-19,22-39,42-43,45-51H,7,9-17H2,1-6H3. The Kier molecular flexibility index (Phi) is 13.7. The predicted octanol–water partition coefficient (Wildman–Crippen LogP) is 0.520. The van der Waals surface area contributed by atoms with E-state index >= 15 is 0 Å². The lowest BCUT2D eigenvalue weighted by Gasteiger charge is -2.60. The summed E-state index contributed by atoms with van der Waals surface area (Å²) in [5.74, 6) is -0.492. The van der Waals surface area contributed by atoms with E-state index in [4.69, 9.17) is 23.7 Å². The van der Waals surface area contributed by atoms with E-state index < -0.39 is 110 Å². The van der Waals surface area contributed by atoms with Crippen LogP contribution in [0.4, 0.5) is 0 Å². The molecule has 21 unspecified atom stereocenters. The molecule has 0 aromatic rings. The molecule has 0 radical (unpaired) electrons. The van der Waals surface area contributed by atoms with Crippen molar-refractivity contribution < 1.29 is 74.4 Å². The van der Waals surface area contributed by atoms with Crippen LogP contribution in [0.1, 0.15) is 92.9 Å². The van der Waals surface area contributed by atoms with Crippen LogP contribution in [-0.2, 0) is 28.5 Å². The topological polar surface area (TPSA) is 245 Å². The molecule has 15 nitrogen and oxygen atoms in total. The highest BCUT2D eigenvalue weighted by molar-refractivity contribution is 5.66. The summed E-state index contributed by atoms with van der Waals surface area (Å²) in [7, 11) is 0. The van der Waals surface area contributed by atoms with Gasteiger partial charge in [0.15, 0.2) is 18.7 Å². The van der Waals surface area contributed by atoms with Gasteiger partial charge in [0, 0.05) is 18.8 Å². The highest BCUT2D eigenvalue weighted by Gasteiger charge is 2.65. The third-order valence-electron chi connectivity index (χ3n) is 15.0. The van der Waals surface area contributed by atoms with E-state index in [1.54, 1.807) is 0 Å². The molecule has 0 spiro atoms. The summed E-state index contributed by atoms with van der Waals surface area (Å²) in [6, 6.07) is 0. The molecule has 2 saturated heterocycles. The van der Waals surface area contributed by atoms with Gasteiger partial charge in [-0.3, -0.25) is 4.79 Å². The molecule has 0 aromatic carbocycles. The summed E-state index contributed by atoms with van der Waals surface area (Å²) in [4.78, 5) is 12.0. The number of fused-ring (bicyclic) bond motifs is 5. The molecule has 3 saturated carbocycles. The zero-order chi connectivity index (χ0) is 41.0. The fourth-order valence-electron chi connectivity index (χ4n) is 12.0. The van der Waals surface area contributed by atoms with Crippen molar-refractivity contribution in [1.82, 2.24) is 0 Å². The minimum Gasteiger partial charge on any atom is -0.457 e. The number of ether oxygens (including phenoxy) is 5. The van der Waals surface area contributed by atoms with Crippen LogP contribution in [-0.4, -0.2) is 151 Å². The first-order chi connectivity index (χ1) is 26.4. The number of aliphatic hydroxyl groups is 9. The second-order valence-corrected chi connectivity index (χ2v) is 18.7. The zero-order valence-corrected chi connectivity index (χ0v) is 33.7.